The molecule has 0 fully saturated rings. The molecule has 0 saturated heterocycles. The average molecular weight is 266 g/mol. The first kappa shape index (κ1) is 15.6. The number of ether oxygens (including phenoxy) is 2. The van der Waals surface area contributed by atoms with E-state index >= 15 is 0 Å². The molecule has 0 N–H and O–H groups in total. The third-order valence-corrected chi connectivity index (χ3v) is 2.47. The van der Waals surface area contributed by atoms with Crippen molar-refractivity contribution < 1.29 is 35.2 Å². The van der Waals surface area contributed by atoms with Crippen molar-refractivity contribution in [3.63, 3.8) is 0 Å². The Morgan fingerprint density at radius 2 is 1.62 bits per heavy atom. The maximum absolute atomic E-state index is 11.7. The standard InChI is InChI=1S/C7H13F3O5S/c1-13-2-3-14-4-5-15-16(11,12)6-7(8,9)10/h2-6H2,1H3. The van der Waals surface area contributed by atoms with E-state index in [2.05, 4.69) is 8.92 Å². The summed E-state index contributed by atoms with van der Waals surface area (Å²) in [5.41, 5.74) is 0. The highest BCUT2D eigenvalue weighted by Crippen LogP contribution is 2.17. The highest BCUT2D eigenvalue weighted by Gasteiger charge is 2.35. The van der Waals surface area contributed by atoms with Crippen LogP contribution < -0.4 is 0 Å². The SMILES string of the molecule is COCCOCCOS(=O)(=O)CC(F)(F)F. The summed E-state index contributed by atoms with van der Waals surface area (Å²) in [5, 5.41) is 0. The van der Waals surface area contributed by atoms with Crippen LogP contribution in [0.25, 0.3) is 0 Å². The molecule has 0 heterocycles. The van der Waals surface area contributed by atoms with Gasteiger partial charge in [0.15, 0.2) is 5.75 Å². The zero-order valence-corrected chi connectivity index (χ0v) is 9.44. The second kappa shape index (κ2) is 7.05. The minimum atomic E-state index is -4.80. The predicted molar refractivity (Wildman–Crippen MR) is 48.5 cm³/mol. The van der Waals surface area contributed by atoms with Gasteiger partial charge < -0.3 is 9.47 Å². The van der Waals surface area contributed by atoms with Crippen LogP contribution in [0, 0.1) is 0 Å². The zero-order chi connectivity index (χ0) is 12.7. The van der Waals surface area contributed by atoms with Gasteiger partial charge >= 0.3 is 6.18 Å². The van der Waals surface area contributed by atoms with Gasteiger partial charge in [-0.25, -0.2) is 0 Å². The molecule has 0 unspecified atom stereocenters. The Morgan fingerprint density at radius 3 is 2.12 bits per heavy atom. The van der Waals surface area contributed by atoms with E-state index in [-0.39, 0.29) is 13.2 Å². The molecule has 0 bridgehead atoms. The lowest BCUT2D eigenvalue weighted by Crippen LogP contribution is -2.25. The smallest absolute Gasteiger partial charge is 0.382 e. The van der Waals surface area contributed by atoms with E-state index in [1.54, 1.807) is 0 Å². The molecule has 0 aromatic rings. The van der Waals surface area contributed by atoms with Gasteiger partial charge in [-0.2, -0.15) is 21.6 Å². The fourth-order valence-electron chi connectivity index (χ4n) is 0.706. The van der Waals surface area contributed by atoms with Gasteiger partial charge in [-0.1, -0.05) is 0 Å². The summed E-state index contributed by atoms with van der Waals surface area (Å²) >= 11 is 0. The van der Waals surface area contributed by atoms with Gasteiger partial charge in [0.05, 0.1) is 26.4 Å². The molecule has 0 rings (SSSR count). The van der Waals surface area contributed by atoms with E-state index in [1.165, 1.54) is 7.11 Å². The molecule has 0 aliphatic rings. The summed E-state index contributed by atoms with van der Waals surface area (Å²) in [6.45, 7) is -0.0168. The maximum atomic E-state index is 11.7. The van der Waals surface area contributed by atoms with Crippen molar-refractivity contribution in [1.29, 1.82) is 0 Å². The van der Waals surface area contributed by atoms with Crippen molar-refractivity contribution in [2.45, 2.75) is 6.18 Å². The third-order valence-electron chi connectivity index (χ3n) is 1.26. The molecule has 0 aromatic heterocycles. The number of halogens is 3. The van der Waals surface area contributed by atoms with E-state index < -0.39 is 28.7 Å². The molecule has 16 heavy (non-hydrogen) atoms. The van der Waals surface area contributed by atoms with Gasteiger partial charge in [0.25, 0.3) is 10.1 Å². The number of rotatable bonds is 8. The van der Waals surface area contributed by atoms with E-state index in [0.29, 0.717) is 6.61 Å². The van der Waals surface area contributed by atoms with Crippen LogP contribution in [0.4, 0.5) is 13.2 Å². The molecule has 0 atom stereocenters. The van der Waals surface area contributed by atoms with Gasteiger partial charge in [0.2, 0.25) is 0 Å². The lowest BCUT2D eigenvalue weighted by atomic mass is 10.7. The van der Waals surface area contributed by atoms with Gasteiger partial charge in [0, 0.05) is 7.11 Å². The molecular formula is C7H13F3O5S. The highest BCUT2D eigenvalue weighted by atomic mass is 32.2. The van der Waals surface area contributed by atoms with E-state index in [9.17, 15) is 21.6 Å². The molecule has 0 spiro atoms. The number of alkyl halides is 3. The van der Waals surface area contributed by atoms with Crippen LogP contribution >= 0.6 is 0 Å². The quantitative estimate of drug-likeness (QED) is 0.474. The Kier molecular flexibility index (Phi) is 6.88. The molecule has 5 nitrogen and oxygen atoms in total. The largest absolute Gasteiger partial charge is 0.405 e. The van der Waals surface area contributed by atoms with Crippen LogP contribution in [0.3, 0.4) is 0 Å². The van der Waals surface area contributed by atoms with Crippen molar-refractivity contribution in [3.05, 3.63) is 0 Å². The lowest BCUT2D eigenvalue weighted by Gasteiger charge is -2.08. The first-order valence-electron chi connectivity index (χ1n) is 4.27. The van der Waals surface area contributed by atoms with Crippen molar-refractivity contribution >= 4 is 10.1 Å². The van der Waals surface area contributed by atoms with Crippen LogP contribution in [-0.4, -0.2) is 53.9 Å². The van der Waals surface area contributed by atoms with Crippen molar-refractivity contribution in [2.24, 2.45) is 0 Å². The monoisotopic (exact) mass is 266 g/mol. The first-order chi connectivity index (χ1) is 7.27. The third kappa shape index (κ3) is 10.1. The molecule has 0 radical (unpaired) electrons. The van der Waals surface area contributed by atoms with Gasteiger partial charge in [0.1, 0.15) is 0 Å². The first-order valence-corrected chi connectivity index (χ1v) is 5.85. The van der Waals surface area contributed by atoms with Crippen molar-refractivity contribution in [1.82, 2.24) is 0 Å². The normalized spacial score (nSPS) is 13.0. The highest BCUT2D eigenvalue weighted by molar-refractivity contribution is 7.86. The number of hydrogen-bond donors (Lipinski definition) is 0. The molecule has 0 aliphatic carbocycles. The lowest BCUT2D eigenvalue weighted by molar-refractivity contribution is -0.107. The summed E-state index contributed by atoms with van der Waals surface area (Å²) in [6.07, 6.45) is -4.80. The molecule has 0 amide bonds. The molecule has 98 valence electrons. The van der Waals surface area contributed by atoms with E-state index in [4.69, 9.17) is 4.74 Å². The number of hydrogen-bond acceptors (Lipinski definition) is 5. The maximum Gasteiger partial charge on any atom is 0.405 e. The van der Waals surface area contributed by atoms with Crippen LogP contribution in [-0.2, 0) is 23.8 Å². The van der Waals surface area contributed by atoms with Crippen LogP contribution in [0.2, 0.25) is 0 Å². The van der Waals surface area contributed by atoms with Crippen LogP contribution in [0.5, 0.6) is 0 Å². The molecule has 9 heteroatoms. The van der Waals surface area contributed by atoms with E-state index in [0.717, 1.165) is 0 Å². The topological polar surface area (TPSA) is 61.8 Å². The predicted octanol–water partition coefficient (Wildman–Crippen LogP) is 0.558. The fourth-order valence-corrected chi connectivity index (χ4v) is 1.51. The van der Waals surface area contributed by atoms with Gasteiger partial charge in [-0.05, 0) is 0 Å². The van der Waals surface area contributed by atoms with E-state index in [1.807, 2.05) is 0 Å². The average Bonchev–Trinajstić information content (AvgIpc) is 2.06. The Bertz CT molecular complexity index is 274. The second-order valence-corrected chi connectivity index (χ2v) is 4.38. The summed E-state index contributed by atoms with van der Waals surface area (Å²) < 4.78 is 70.1. The summed E-state index contributed by atoms with van der Waals surface area (Å²) in [6, 6.07) is 0. The summed E-state index contributed by atoms with van der Waals surface area (Å²) in [4.78, 5) is 0. The van der Waals surface area contributed by atoms with Crippen LogP contribution in [0.15, 0.2) is 0 Å². The molecule has 0 aliphatic heterocycles. The summed E-state index contributed by atoms with van der Waals surface area (Å²) in [7, 11) is -3.12. The summed E-state index contributed by atoms with van der Waals surface area (Å²) in [5.74, 6) is -1.99. The Labute approximate surface area is 91.6 Å². The van der Waals surface area contributed by atoms with Crippen LogP contribution in [0.1, 0.15) is 0 Å². The molecular weight excluding hydrogens is 253 g/mol. The molecule has 0 aromatic carbocycles. The minimum Gasteiger partial charge on any atom is -0.382 e. The minimum absolute atomic E-state index is 0.111. The van der Waals surface area contributed by atoms with Crippen molar-refractivity contribution in [3.8, 4) is 0 Å². The molecule has 0 saturated carbocycles. The second-order valence-electron chi connectivity index (χ2n) is 2.74. The zero-order valence-electron chi connectivity index (χ0n) is 8.62. The Morgan fingerprint density at radius 1 is 1.06 bits per heavy atom. The van der Waals surface area contributed by atoms with Gasteiger partial charge in [-0.3, -0.25) is 4.18 Å². The fraction of sp³-hybridized carbons (Fsp3) is 1.00. The van der Waals surface area contributed by atoms with Crippen molar-refractivity contribution in [2.75, 3.05) is 39.3 Å². The Hall–Kier alpha value is -0.380. The Balaban J connectivity index is 3.68. The van der Waals surface area contributed by atoms with Gasteiger partial charge in [-0.15, -0.1) is 0 Å². The number of methoxy groups -OCH3 is 1.